The van der Waals surface area contributed by atoms with Gasteiger partial charge in [-0.2, -0.15) is 0 Å². The number of nitrogens with one attached hydrogen (secondary N) is 1. The summed E-state index contributed by atoms with van der Waals surface area (Å²) in [6.07, 6.45) is 3.21. The Labute approximate surface area is 118 Å². The zero-order valence-electron chi connectivity index (χ0n) is 10.8. The number of pyridine rings is 1. The molecule has 20 heavy (non-hydrogen) atoms. The summed E-state index contributed by atoms with van der Waals surface area (Å²) < 4.78 is 26.7. The quantitative estimate of drug-likeness (QED) is 0.831. The molecule has 0 spiro atoms. The molecule has 106 valence electrons. The van der Waals surface area contributed by atoms with E-state index in [1.165, 1.54) is 18.5 Å². The SMILES string of the molecule is O=S(=O)(N[C@H](CO)Cc1ccccc1)c1cccnc1. The molecule has 6 heteroatoms. The van der Waals surface area contributed by atoms with Gasteiger partial charge >= 0.3 is 0 Å². The van der Waals surface area contributed by atoms with Crippen LogP contribution in [-0.4, -0.2) is 31.2 Å². The van der Waals surface area contributed by atoms with E-state index in [2.05, 4.69) is 9.71 Å². The highest BCUT2D eigenvalue weighted by molar-refractivity contribution is 7.89. The number of nitrogens with zero attached hydrogens (tertiary/aromatic N) is 1. The van der Waals surface area contributed by atoms with Crippen LogP contribution >= 0.6 is 0 Å². The second-order valence-electron chi connectivity index (χ2n) is 4.38. The van der Waals surface area contributed by atoms with Crippen LogP contribution in [0.15, 0.2) is 59.8 Å². The predicted octanol–water partition coefficient (Wildman–Crippen LogP) is 0.963. The van der Waals surface area contributed by atoms with Gasteiger partial charge in [-0.05, 0) is 24.1 Å². The molecule has 2 N–H and O–H groups in total. The summed E-state index contributed by atoms with van der Waals surface area (Å²) in [5.74, 6) is 0. The van der Waals surface area contributed by atoms with Gasteiger partial charge in [-0.1, -0.05) is 30.3 Å². The van der Waals surface area contributed by atoms with Crippen LogP contribution in [0.25, 0.3) is 0 Å². The van der Waals surface area contributed by atoms with Crippen LogP contribution in [0.4, 0.5) is 0 Å². The lowest BCUT2D eigenvalue weighted by Crippen LogP contribution is -2.39. The number of rotatable bonds is 6. The van der Waals surface area contributed by atoms with Crippen LogP contribution < -0.4 is 4.72 Å². The Balaban J connectivity index is 2.10. The van der Waals surface area contributed by atoms with Gasteiger partial charge in [-0.3, -0.25) is 4.98 Å². The van der Waals surface area contributed by atoms with E-state index < -0.39 is 16.1 Å². The zero-order valence-corrected chi connectivity index (χ0v) is 11.6. The lowest BCUT2D eigenvalue weighted by atomic mass is 10.1. The van der Waals surface area contributed by atoms with E-state index >= 15 is 0 Å². The Bertz CT molecular complexity index is 630. The molecule has 1 atom stereocenters. The molecule has 0 amide bonds. The van der Waals surface area contributed by atoms with E-state index in [4.69, 9.17) is 0 Å². The monoisotopic (exact) mass is 292 g/mol. The third-order valence-corrected chi connectivity index (χ3v) is 4.32. The second kappa shape index (κ2) is 6.60. The smallest absolute Gasteiger partial charge is 0.242 e. The fraction of sp³-hybridized carbons (Fsp3) is 0.214. The highest BCUT2D eigenvalue weighted by Crippen LogP contribution is 2.09. The molecule has 2 aromatic rings. The van der Waals surface area contributed by atoms with Gasteiger partial charge in [0.15, 0.2) is 0 Å². The summed E-state index contributed by atoms with van der Waals surface area (Å²) in [5, 5.41) is 9.36. The average Bonchev–Trinajstić information content (AvgIpc) is 2.48. The number of sulfonamides is 1. The van der Waals surface area contributed by atoms with Crippen molar-refractivity contribution in [3.8, 4) is 0 Å². The van der Waals surface area contributed by atoms with E-state index in [0.717, 1.165) is 5.56 Å². The van der Waals surface area contributed by atoms with Crippen LogP contribution in [-0.2, 0) is 16.4 Å². The molecule has 0 fully saturated rings. The molecule has 0 bridgehead atoms. The molecule has 0 aliphatic heterocycles. The minimum atomic E-state index is -3.66. The fourth-order valence-corrected chi connectivity index (χ4v) is 3.03. The maximum Gasteiger partial charge on any atom is 0.242 e. The van der Waals surface area contributed by atoms with E-state index in [0.29, 0.717) is 6.42 Å². The van der Waals surface area contributed by atoms with Gasteiger partial charge in [0.25, 0.3) is 0 Å². The van der Waals surface area contributed by atoms with Crippen LogP contribution in [0, 0.1) is 0 Å². The van der Waals surface area contributed by atoms with Crippen molar-refractivity contribution in [3.63, 3.8) is 0 Å². The minimum absolute atomic E-state index is 0.0894. The first kappa shape index (κ1) is 14.6. The van der Waals surface area contributed by atoms with E-state index in [-0.39, 0.29) is 11.5 Å². The molecule has 0 unspecified atom stereocenters. The predicted molar refractivity (Wildman–Crippen MR) is 75.6 cm³/mol. The first-order valence-electron chi connectivity index (χ1n) is 6.19. The normalized spacial score (nSPS) is 13.1. The molecular formula is C14H16N2O3S. The van der Waals surface area contributed by atoms with Crippen LogP contribution in [0.2, 0.25) is 0 Å². The second-order valence-corrected chi connectivity index (χ2v) is 6.09. The van der Waals surface area contributed by atoms with Crippen molar-refractivity contribution in [1.29, 1.82) is 0 Å². The standard InChI is InChI=1S/C14H16N2O3S/c17-11-13(9-12-5-2-1-3-6-12)16-20(18,19)14-7-4-8-15-10-14/h1-8,10,13,16-17H,9,11H2/t13-/m0/s1. The van der Waals surface area contributed by atoms with Gasteiger partial charge in [0, 0.05) is 18.4 Å². The molecule has 0 aliphatic rings. The van der Waals surface area contributed by atoms with Crippen molar-refractivity contribution in [3.05, 3.63) is 60.4 Å². The van der Waals surface area contributed by atoms with Crippen molar-refractivity contribution in [2.24, 2.45) is 0 Å². The third kappa shape index (κ3) is 3.86. The number of hydrogen-bond acceptors (Lipinski definition) is 4. The molecule has 0 aliphatic carbocycles. The molecule has 5 nitrogen and oxygen atoms in total. The lowest BCUT2D eigenvalue weighted by molar-refractivity contribution is 0.256. The van der Waals surface area contributed by atoms with Gasteiger partial charge in [0.1, 0.15) is 4.90 Å². The van der Waals surface area contributed by atoms with E-state index in [1.54, 1.807) is 6.07 Å². The summed E-state index contributed by atoms with van der Waals surface area (Å²) in [6.45, 7) is -0.269. The molecule has 0 saturated heterocycles. The van der Waals surface area contributed by atoms with Crippen molar-refractivity contribution in [1.82, 2.24) is 9.71 Å². The van der Waals surface area contributed by atoms with Crippen molar-refractivity contribution >= 4 is 10.0 Å². The van der Waals surface area contributed by atoms with Gasteiger partial charge in [0.2, 0.25) is 10.0 Å². The molecule has 2 rings (SSSR count). The molecule has 1 aromatic heterocycles. The Morgan fingerprint density at radius 2 is 1.90 bits per heavy atom. The molecule has 0 radical (unpaired) electrons. The number of hydrogen-bond donors (Lipinski definition) is 2. The molecular weight excluding hydrogens is 276 g/mol. The minimum Gasteiger partial charge on any atom is -0.395 e. The lowest BCUT2D eigenvalue weighted by Gasteiger charge is -2.16. The topological polar surface area (TPSA) is 79.3 Å². The number of aromatic nitrogens is 1. The summed E-state index contributed by atoms with van der Waals surface area (Å²) in [4.78, 5) is 3.88. The largest absolute Gasteiger partial charge is 0.395 e. The van der Waals surface area contributed by atoms with Gasteiger partial charge in [0.05, 0.1) is 6.61 Å². The van der Waals surface area contributed by atoms with Gasteiger partial charge < -0.3 is 5.11 Å². The number of aliphatic hydroxyl groups is 1. The zero-order chi connectivity index (χ0) is 14.4. The van der Waals surface area contributed by atoms with E-state index in [1.807, 2.05) is 30.3 Å². The molecule has 0 saturated carbocycles. The Kier molecular flexibility index (Phi) is 4.84. The van der Waals surface area contributed by atoms with Crippen molar-refractivity contribution in [2.45, 2.75) is 17.4 Å². The first-order valence-corrected chi connectivity index (χ1v) is 7.67. The summed E-state index contributed by atoms with van der Waals surface area (Å²) >= 11 is 0. The third-order valence-electron chi connectivity index (χ3n) is 2.81. The fourth-order valence-electron chi connectivity index (χ4n) is 1.84. The first-order chi connectivity index (χ1) is 9.62. The Hall–Kier alpha value is -1.76. The average molecular weight is 292 g/mol. The maximum atomic E-state index is 12.1. The van der Waals surface area contributed by atoms with Crippen LogP contribution in [0.3, 0.4) is 0 Å². The number of benzene rings is 1. The highest BCUT2D eigenvalue weighted by atomic mass is 32.2. The Morgan fingerprint density at radius 3 is 2.50 bits per heavy atom. The molecule has 1 heterocycles. The Morgan fingerprint density at radius 1 is 1.15 bits per heavy atom. The number of aliphatic hydroxyl groups excluding tert-OH is 1. The van der Waals surface area contributed by atoms with Crippen molar-refractivity contribution < 1.29 is 13.5 Å². The highest BCUT2D eigenvalue weighted by Gasteiger charge is 2.19. The van der Waals surface area contributed by atoms with Crippen molar-refractivity contribution in [2.75, 3.05) is 6.61 Å². The van der Waals surface area contributed by atoms with E-state index in [9.17, 15) is 13.5 Å². The van der Waals surface area contributed by atoms with Crippen LogP contribution in [0.5, 0.6) is 0 Å². The van der Waals surface area contributed by atoms with Crippen LogP contribution in [0.1, 0.15) is 5.56 Å². The van der Waals surface area contributed by atoms with Gasteiger partial charge in [-0.25, -0.2) is 13.1 Å². The maximum absolute atomic E-state index is 12.1. The molecule has 1 aromatic carbocycles. The summed E-state index contributed by atoms with van der Waals surface area (Å²) in [6, 6.07) is 11.9. The summed E-state index contributed by atoms with van der Waals surface area (Å²) in [5.41, 5.74) is 0.959. The van der Waals surface area contributed by atoms with Gasteiger partial charge in [-0.15, -0.1) is 0 Å². The summed E-state index contributed by atoms with van der Waals surface area (Å²) in [7, 11) is -3.66.